The average molecular weight is 294 g/mol. The highest BCUT2D eigenvalue weighted by Gasteiger charge is 2.25. The van der Waals surface area contributed by atoms with Crippen LogP contribution in [0.3, 0.4) is 0 Å². The van der Waals surface area contributed by atoms with Gasteiger partial charge in [-0.2, -0.15) is 0 Å². The monoisotopic (exact) mass is 294 g/mol. The molecule has 0 unspecified atom stereocenters. The summed E-state index contributed by atoms with van der Waals surface area (Å²) >= 11 is 1.42. The largest absolute Gasteiger partial charge is 0.354 e. The van der Waals surface area contributed by atoms with E-state index >= 15 is 0 Å². The molecule has 20 heavy (non-hydrogen) atoms. The summed E-state index contributed by atoms with van der Waals surface area (Å²) in [6, 6.07) is 0. The zero-order valence-electron chi connectivity index (χ0n) is 11.9. The minimum Gasteiger partial charge on any atom is -0.354 e. The maximum atomic E-state index is 12.7. The minimum absolute atomic E-state index is 0.0972. The predicted octanol–water partition coefficient (Wildman–Crippen LogP) is 0.777. The van der Waals surface area contributed by atoms with Crippen LogP contribution in [0.25, 0.3) is 0 Å². The maximum Gasteiger partial charge on any atom is 0.258 e. The van der Waals surface area contributed by atoms with Crippen LogP contribution in [0.1, 0.15) is 28.3 Å². The van der Waals surface area contributed by atoms with E-state index in [0.29, 0.717) is 35.2 Å². The van der Waals surface area contributed by atoms with E-state index in [-0.39, 0.29) is 18.4 Å². The normalized spacial score (nSPS) is 15.8. The van der Waals surface area contributed by atoms with Crippen molar-refractivity contribution < 1.29 is 9.59 Å². The third-order valence-electron chi connectivity index (χ3n) is 3.12. The van der Waals surface area contributed by atoms with Crippen LogP contribution in [-0.4, -0.2) is 52.6 Å². The molecule has 1 N–H and O–H groups in total. The van der Waals surface area contributed by atoms with Crippen molar-refractivity contribution in [2.24, 2.45) is 0 Å². The van der Waals surface area contributed by atoms with E-state index in [2.05, 4.69) is 15.3 Å². The number of aryl methyl sites for hydroxylation is 2. The standard InChI is InChI=1S/C13H18N4O2S/c1-8-11(12(20-3)16-9(2)15-8)13(19)17-6-4-5-14-10(18)7-17/h4-7H2,1-3H3,(H,14,18). The van der Waals surface area contributed by atoms with Crippen molar-refractivity contribution in [3.8, 4) is 0 Å². The number of rotatable bonds is 2. The molecule has 1 aromatic heterocycles. The van der Waals surface area contributed by atoms with Gasteiger partial charge in [0.05, 0.1) is 17.8 Å². The molecule has 2 amide bonds. The lowest BCUT2D eigenvalue weighted by Crippen LogP contribution is -2.38. The highest BCUT2D eigenvalue weighted by molar-refractivity contribution is 7.98. The molecule has 0 radical (unpaired) electrons. The molecule has 1 aromatic rings. The van der Waals surface area contributed by atoms with Gasteiger partial charge in [0.25, 0.3) is 5.91 Å². The third kappa shape index (κ3) is 3.09. The first-order valence-electron chi connectivity index (χ1n) is 6.48. The summed E-state index contributed by atoms with van der Waals surface area (Å²) in [7, 11) is 0. The van der Waals surface area contributed by atoms with Gasteiger partial charge in [0.15, 0.2) is 0 Å². The second-order valence-corrected chi connectivity index (χ2v) is 5.47. The molecule has 1 fully saturated rings. The minimum atomic E-state index is -0.163. The summed E-state index contributed by atoms with van der Waals surface area (Å²) in [5, 5.41) is 3.43. The fourth-order valence-electron chi connectivity index (χ4n) is 2.21. The van der Waals surface area contributed by atoms with Crippen LogP contribution >= 0.6 is 11.8 Å². The number of thioether (sulfide) groups is 1. The second-order valence-electron chi connectivity index (χ2n) is 4.67. The molecule has 1 aliphatic rings. The van der Waals surface area contributed by atoms with E-state index in [1.807, 2.05) is 6.26 Å². The molecular weight excluding hydrogens is 276 g/mol. The van der Waals surface area contributed by atoms with Gasteiger partial charge >= 0.3 is 0 Å². The lowest BCUT2D eigenvalue weighted by atomic mass is 10.2. The first kappa shape index (κ1) is 14.8. The first-order valence-corrected chi connectivity index (χ1v) is 7.70. The quantitative estimate of drug-likeness (QED) is 0.644. The van der Waals surface area contributed by atoms with Crippen LogP contribution in [0.4, 0.5) is 0 Å². The number of nitrogens with one attached hydrogen (secondary N) is 1. The summed E-state index contributed by atoms with van der Waals surface area (Å²) in [6.45, 7) is 4.89. The first-order chi connectivity index (χ1) is 9.52. The number of nitrogens with zero attached hydrogens (tertiary/aromatic N) is 3. The van der Waals surface area contributed by atoms with Gasteiger partial charge in [-0.25, -0.2) is 9.97 Å². The van der Waals surface area contributed by atoms with Gasteiger partial charge in [0.1, 0.15) is 10.9 Å². The van der Waals surface area contributed by atoms with Gasteiger partial charge < -0.3 is 10.2 Å². The molecule has 0 bridgehead atoms. The number of hydrogen-bond donors (Lipinski definition) is 1. The Morgan fingerprint density at radius 3 is 2.80 bits per heavy atom. The van der Waals surface area contributed by atoms with Crippen molar-refractivity contribution in [3.05, 3.63) is 17.1 Å². The Labute approximate surface area is 122 Å². The summed E-state index contributed by atoms with van der Waals surface area (Å²) in [4.78, 5) is 34.4. The van der Waals surface area contributed by atoms with Gasteiger partial charge in [0, 0.05) is 13.1 Å². The lowest BCUT2D eigenvalue weighted by molar-refractivity contribution is -0.121. The molecule has 6 nitrogen and oxygen atoms in total. The van der Waals surface area contributed by atoms with Crippen LogP contribution in [-0.2, 0) is 4.79 Å². The Morgan fingerprint density at radius 2 is 2.10 bits per heavy atom. The summed E-state index contributed by atoms with van der Waals surface area (Å²) < 4.78 is 0. The topological polar surface area (TPSA) is 75.2 Å². The average Bonchev–Trinajstić information content (AvgIpc) is 2.61. The molecule has 0 atom stereocenters. The lowest BCUT2D eigenvalue weighted by Gasteiger charge is -2.21. The van der Waals surface area contributed by atoms with E-state index in [0.717, 1.165) is 6.42 Å². The van der Waals surface area contributed by atoms with Crippen molar-refractivity contribution in [2.75, 3.05) is 25.9 Å². The van der Waals surface area contributed by atoms with E-state index < -0.39 is 0 Å². The summed E-state index contributed by atoms with van der Waals surface area (Å²) in [5.41, 5.74) is 1.18. The Balaban J connectivity index is 2.35. The molecule has 0 aliphatic carbocycles. The van der Waals surface area contributed by atoms with Gasteiger partial charge in [-0.05, 0) is 26.5 Å². The molecule has 1 aliphatic heterocycles. The van der Waals surface area contributed by atoms with Crippen LogP contribution < -0.4 is 5.32 Å². The molecule has 0 spiro atoms. The van der Waals surface area contributed by atoms with E-state index in [1.165, 1.54) is 11.8 Å². The molecule has 2 rings (SSSR count). The Kier molecular flexibility index (Phi) is 4.59. The number of hydrogen-bond acceptors (Lipinski definition) is 5. The van der Waals surface area contributed by atoms with E-state index in [4.69, 9.17) is 0 Å². The molecule has 1 saturated heterocycles. The van der Waals surface area contributed by atoms with Crippen molar-refractivity contribution in [1.29, 1.82) is 0 Å². The van der Waals surface area contributed by atoms with Gasteiger partial charge in [-0.15, -0.1) is 11.8 Å². The number of carbonyl (C=O) groups excluding carboxylic acids is 2. The van der Waals surface area contributed by atoms with E-state index in [1.54, 1.807) is 18.7 Å². The SMILES string of the molecule is CSc1nc(C)nc(C)c1C(=O)N1CCCNC(=O)C1. The van der Waals surface area contributed by atoms with Crippen molar-refractivity contribution in [2.45, 2.75) is 25.3 Å². The molecular formula is C13H18N4O2S. The van der Waals surface area contributed by atoms with Crippen LogP contribution in [0, 0.1) is 13.8 Å². The number of amides is 2. The van der Waals surface area contributed by atoms with Crippen LogP contribution in [0.2, 0.25) is 0 Å². The van der Waals surface area contributed by atoms with Crippen molar-refractivity contribution in [1.82, 2.24) is 20.2 Å². The Bertz CT molecular complexity index is 547. The van der Waals surface area contributed by atoms with Gasteiger partial charge in [0.2, 0.25) is 5.91 Å². The van der Waals surface area contributed by atoms with Crippen molar-refractivity contribution in [3.63, 3.8) is 0 Å². The smallest absolute Gasteiger partial charge is 0.258 e. The fraction of sp³-hybridized carbons (Fsp3) is 0.538. The third-order valence-corrected chi connectivity index (χ3v) is 3.81. The molecule has 2 heterocycles. The van der Waals surface area contributed by atoms with Crippen LogP contribution in [0.15, 0.2) is 5.03 Å². The maximum absolute atomic E-state index is 12.7. The van der Waals surface area contributed by atoms with E-state index in [9.17, 15) is 9.59 Å². The highest BCUT2D eigenvalue weighted by Crippen LogP contribution is 2.22. The fourth-order valence-corrected chi connectivity index (χ4v) is 2.88. The van der Waals surface area contributed by atoms with Crippen molar-refractivity contribution >= 4 is 23.6 Å². The zero-order chi connectivity index (χ0) is 14.7. The number of aromatic nitrogens is 2. The van der Waals surface area contributed by atoms with Gasteiger partial charge in [-0.1, -0.05) is 0 Å². The Hall–Kier alpha value is -1.63. The molecule has 7 heteroatoms. The zero-order valence-corrected chi connectivity index (χ0v) is 12.7. The van der Waals surface area contributed by atoms with Crippen LogP contribution in [0.5, 0.6) is 0 Å². The summed E-state index contributed by atoms with van der Waals surface area (Å²) in [6.07, 6.45) is 2.64. The Morgan fingerprint density at radius 1 is 1.35 bits per heavy atom. The summed E-state index contributed by atoms with van der Waals surface area (Å²) in [5.74, 6) is 0.369. The molecule has 108 valence electrons. The van der Waals surface area contributed by atoms with Gasteiger partial charge in [-0.3, -0.25) is 9.59 Å². The highest BCUT2D eigenvalue weighted by atomic mass is 32.2. The predicted molar refractivity (Wildman–Crippen MR) is 76.8 cm³/mol. The molecule has 0 saturated carbocycles. The second kappa shape index (κ2) is 6.21. The number of carbonyl (C=O) groups is 2. The molecule has 0 aromatic carbocycles.